The Labute approximate surface area is 93.0 Å². The van der Waals surface area contributed by atoms with Crippen LogP contribution in [0, 0.1) is 0 Å². The zero-order valence-corrected chi connectivity index (χ0v) is 10.2. The number of nitrogens with two attached hydrogens (primary N) is 1. The standard InChI is InChI=1S/C12H24N2O/c1-9(13)7-8-12(15)14-10(2)5-4-6-11(14)3/h9-11H,4-8,13H2,1-3H3. The summed E-state index contributed by atoms with van der Waals surface area (Å²) in [6.07, 6.45) is 4.95. The van der Waals surface area contributed by atoms with Crippen LogP contribution in [0.1, 0.15) is 52.9 Å². The molecule has 3 unspecified atom stereocenters. The molecule has 2 N–H and O–H groups in total. The Morgan fingerprint density at radius 3 is 2.40 bits per heavy atom. The highest BCUT2D eigenvalue weighted by molar-refractivity contribution is 5.77. The van der Waals surface area contributed by atoms with Gasteiger partial charge in [0.25, 0.3) is 0 Å². The van der Waals surface area contributed by atoms with E-state index in [2.05, 4.69) is 18.7 Å². The number of piperidine rings is 1. The van der Waals surface area contributed by atoms with Crippen molar-refractivity contribution in [3.05, 3.63) is 0 Å². The van der Waals surface area contributed by atoms with Gasteiger partial charge in [-0.05, 0) is 46.5 Å². The van der Waals surface area contributed by atoms with Gasteiger partial charge in [0.2, 0.25) is 5.91 Å². The van der Waals surface area contributed by atoms with Gasteiger partial charge >= 0.3 is 0 Å². The highest BCUT2D eigenvalue weighted by Gasteiger charge is 2.28. The molecule has 1 fully saturated rings. The van der Waals surface area contributed by atoms with E-state index in [1.165, 1.54) is 6.42 Å². The number of rotatable bonds is 3. The molecular formula is C12H24N2O. The molecular weight excluding hydrogens is 188 g/mol. The number of carbonyl (C=O) groups is 1. The molecule has 3 atom stereocenters. The third-order valence-corrected chi connectivity index (χ3v) is 3.30. The largest absolute Gasteiger partial charge is 0.337 e. The van der Waals surface area contributed by atoms with Crippen LogP contribution in [0.25, 0.3) is 0 Å². The van der Waals surface area contributed by atoms with Crippen molar-refractivity contribution >= 4 is 5.91 Å². The first-order valence-corrected chi connectivity index (χ1v) is 6.09. The summed E-state index contributed by atoms with van der Waals surface area (Å²) in [6.45, 7) is 6.26. The Balaban J connectivity index is 2.48. The predicted molar refractivity (Wildman–Crippen MR) is 62.5 cm³/mol. The Kier molecular flexibility index (Phi) is 4.58. The van der Waals surface area contributed by atoms with Gasteiger partial charge in [-0.15, -0.1) is 0 Å². The van der Waals surface area contributed by atoms with Crippen molar-refractivity contribution in [1.29, 1.82) is 0 Å². The summed E-state index contributed by atoms with van der Waals surface area (Å²) in [7, 11) is 0. The number of carbonyl (C=O) groups excluding carboxylic acids is 1. The molecule has 88 valence electrons. The van der Waals surface area contributed by atoms with Crippen LogP contribution in [0.15, 0.2) is 0 Å². The lowest BCUT2D eigenvalue weighted by atomic mass is 9.96. The van der Waals surface area contributed by atoms with Gasteiger partial charge in [0.05, 0.1) is 0 Å². The highest BCUT2D eigenvalue weighted by atomic mass is 16.2. The second-order valence-corrected chi connectivity index (χ2v) is 4.95. The molecule has 0 aliphatic carbocycles. The van der Waals surface area contributed by atoms with Crippen LogP contribution < -0.4 is 5.73 Å². The van der Waals surface area contributed by atoms with Gasteiger partial charge in [0.15, 0.2) is 0 Å². The first-order valence-electron chi connectivity index (χ1n) is 6.09. The minimum atomic E-state index is 0.129. The van der Waals surface area contributed by atoms with Gasteiger partial charge in [-0.2, -0.15) is 0 Å². The van der Waals surface area contributed by atoms with E-state index in [1.54, 1.807) is 0 Å². The van der Waals surface area contributed by atoms with Crippen LogP contribution >= 0.6 is 0 Å². The van der Waals surface area contributed by atoms with E-state index >= 15 is 0 Å². The van der Waals surface area contributed by atoms with Gasteiger partial charge in [-0.3, -0.25) is 4.79 Å². The van der Waals surface area contributed by atoms with Crippen LogP contribution in [0.5, 0.6) is 0 Å². The van der Waals surface area contributed by atoms with Crippen LogP contribution in [-0.4, -0.2) is 28.9 Å². The summed E-state index contributed by atoms with van der Waals surface area (Å²) in [5.74, 6) is 0.284. The van der Waals surface area contributed by atoms with Crippen molar-refractivity contribution < 1.29 is 4.79 Å². The van der Waals surface area contributed by atoms with Crippen LogP contribution in [0.2, 0.25) is 0 Å². The van der Waals surface area contributed by atoms with Gasteiger partial charge in [-0.25, -0.2) is 0 Å². The summed E-state index contributed by atoms with van der Waals surface area (Å²) >= 11 is 0. The quantitative estimate of drug-likeness (QED) is 0.776. The highest BCUT2D eigenvalue weighted by Crippen LogP contribution is 2.23. The Hall–Kier alpha value is -0.570. The molecule has 1 heterocycles. The molecule has 0 aromatic heterocycles. The summed E-state index contributed by atoms with van der Waals surface area (Å²) in [5, 5.41) is 0. The molecule has 0 radical (unpaired) electrons. The number of nitrogens with zero attached hydrogens (tertiary/aromatic N) is 1. The first-order chi connectivity index (χ1) is 7.02. The maximum Gasteiger partial charge on any atom is 0.223 e. The molecule has 0 bridgehead atoms. The van der Waals surface area contributed by atoms with Crippen molar-refractivity contribution in [3.63, 3.8) is 0 Å². The van der Waals surface area contributed by atoms with Crippen molar-refractivity contribution in [3.8, 4) is 0 Å². The normalized spacial score (nSPS) is 28.9. The lowest BCUT2D eigenvalue weighted by Gasteiger charge is -2.39. The molecule has 1 rings (SSSR count). The number of hydrogen-bond acceptors (Lipinski definition) is 2. The summed E-state index contributed by atoms with van der Waals surface area (Å²) < 4.78 is 0. The lowest BCUT2D eigenvalue weighted by Crippen LogP contribution is -2.47. The van der Waals surface area contributed by atoms with Crippen LogP contribution in [-0.2, 0) is 4.79 Å². The SMILES string of the molecule is CC(N)CCC(=O)N1C(C)CCCC1C. The van der Waals surface area contributed by atoms with Gasteiger partial charge in [0.1, 0.15) is 0 Å². The third kappa shape index (κ3) is 3.49. The molecule has 0 saturated carbocycles. The Bertz CT molecular complexity index is 206. The zero-order valence-electron chi connectivity index (χ0n) is 10.2. The smallest absolute Gasteiger partial charge is 0.223 e. The minimum absolute atomic E-state index is 0.129. The Morgan fingerprint density at radius 1 is 1.40 bits per heavy atom. The topological polar surface area (TPSA) is 46.3 Å². The number of hydrogen-bond donors (Lipinski definition) is 1. The fourth-order valence-electron chi connectivity index (χ4n) is 2.39. The molecule has 0 aromatic carbocycles. The van der Waals surface area contributed by atoms with Crippen molar-refractivity contribution in [2.45, 2.75) is 71.0 Å². The fourth-order valence-corrected chi connectivity index (χ4v) is 2.39. The van der Waals surface area contributed by atoms with E-state index in [0.29, 0.717) is 18.5 Å². The fraction of sp³-hybridized carbons (Fsp3) is 0.917. The maximum absolute atomic E-state index is 12.0. The molecule has 3 nitrogen and oxygen atoms in total. The number of likely N-dealkylation sites (tertiary alicyclic amines) is 1. The summed E-state index contributed by atoms with van der Waals surface area (Å²) in [4.78, 5) is 14.1. The van der Waals surface area contributed by atoms with E-state index in [1.807, 2.05) is 6.92 Å². The van der Waals surface area contributed by atoms with E-state index in [4.69, 9.17) is 5.73 Å². The molecule has 1 amide bonds. The predicted octanol–water partition coefficient (Wildman–Crippen LogP) is 1.90. The van der Waals surface area contributed by atoms with Crippen molar-refractivity contribution in [1.82, 2.24) is 4.90 Å². The van der Waals surface area contributed by atoms with Gasteiger partial charge < -0.3 is 10.6 Å². The van der Waals surface area contributed by atoms with Crippen LogP contribution in [0.3, 0.4) is 0 Å². The average Bonchev–Trinajstić information content (AvgIpc) is 2.14. The molecule has 1 saturated heterocycles. The average molecular weight is 212 g/mol. The van der Waals surface area contributed by atoms with Gasteiger partial charge in [-0.1, -0.05) is 0 Å². The van der Waals surface area contributed by atoms with Crippen LogP contribution in [0.4, 0.5) is 0 Å². The maximum atomic E-state index is 12.0. The van der Waals surface area contributed by atoms with E-state index in [9.17, 15) is 4.79 Å². The van der Waals surface area contributed by atoms with Crippen molar-refractivity contribution in [2.75, 3.05) is 0 Å². The van der Waals surface area contributed by atoms with Gasteiger partial charge in [0, 0.05) is 24.5 Å². The molecule has 0 aromatic rings. The zero-order chi connectivity index (χ0) is 11.4. The molecule has 15 heavy (non-hydrogen) atoms. The molecule has 3 heteroatoms. The second-order valence-electron chi connectivity index (χ2n) is 4.95. The van der Waals surface area contributed by atoms with E-state index < -0.39 is 0 Å². The number of amides is 1. The molecule has 0 spiro atoms. The third-order valence-electron chi connectivity index (χ3n) is 3.30. The monoisotopic (exact) mass is 212 g/mol. The lowest BCUT2D eigenvalue weighted by molar-refractivity contribution is -0.137. The van der Waals surface area contributed by atoms with E-state index in [-0.39, 0.29) is 11.9 Å². The van der Waals surface area contributed by atoms with Crippen molar-refractivity contribution in [2.24, 2.45) is 5.73 Å². The summed E-state index contributed by atoms with van der Waals surface area (Å²) in [5.41, 5.74) is 5.67. The summed E-state index contributed by atoms with van der Waals surface area (Å²) in [6, 6.07) is 0.952. The minimum Gasteiger partial charge on any atom is -0.337 e. The molecule has 1 aliphatic rings. The van der Waals surface area contributed by atoms with E-state index in [0.717, 1.165) is 19.3 Å². The molecule has 1 aliphatic heterocycles. The first kappa shape index (κ1) is 12.5. The Morgan fingerprint density at radius 2 is 1.93 bits per heavy atom. The second kappa shape index (κ2) is 5.50.